The van der Waals surface area contributed by atoms with Crippen LogP contribution in [0.2, 0.25) is 0 Å². The summed E-state index contributed by atoms with van der Waals surface area (Å²) in [5.74, 6) is 0. The smallest absolute Gasteiger partial charge is 0.272 e. The van der Waals surface area contributed by atoms with E-state index in [1.807, 2.05) is 30.3 Å². The van der Waals surface area contributed by atoms with Crippen LogP contribution in [0.1, 0.15) is 31.2 Å². The van der Waals surface area contributed by atoms with Crippen LogP contribution in [0.4, 0.5) is 17.1 Å². The summed E-state index contributed by atoms with van der Waals surface area (Å²) in [5, 5.41) is 26.2. The van der Waals surface area contributed by atoms with Gasteiger partial charge in [-0.05, 0) is 48.5 Å². The lowest BCUT2D eigenvalue weighted by molar-refractivity contribution is -0.393. The zero-order valence-electron chi connectivity index (χ0n) is 15.7. The fraction of sp³-hybridized carbons (Fsp3) is 0.190. The van der Waals surface area contributed by atoms with Crippen molar-refractivity contribution in [3.8, 4) is 0 Å². The average molecular weight is 392 g/mol. The summed E-state index contributed by atoms with van der Waals surface area (Å²) in [4.78, 5) is 20.7. The Bertz CT molecular complexity index is 997. The maximum absolute atomic E-state index is 11.2. The van der Waals surface area contributed by atoms with E-state index in [2.05, 4.69) is 22.7 Å². The minimum absolute atomic E-state index is 0.106. The van der Waals surface area contributed by atoms with E-state index >= 15 is 0 Å². The molecule has 2 aromatic rings. The van der Waals surface area contributed by atoms with Gasteiger partial charge in [-0.1, -0.05) is 42.5 Å². The number of hydrazone groups is 1. The Labute approximate surface area is 167 Å². The molecule has 0 aliphatic heterocycles. The normalized spacial score (nSPS) is 14.5. The molecule has 0 saturated heterocycles. The van der Waals surface area contributed by atoms with Crippen molar-refractivity contribution in [2.45, 2.75) is 25.7 Å². The predicted molar refractivity (Wildman–Crippen MR) is 113 cm³/mol. The molecular formula is C21H20N4O4. The van der Waals surface area contributed by atoms with Gasteiger partial charge in [0.2, 0.25) is 0 Å². The first kappa shape index (κ1) is 19.9. The van der Waals surface area contributed by atoms with E-state index in [0.717, 1.165) is 42.9 Å². The molecule has 0 atom stereocenters. The third-order valence-electron chi connectivity index (χ3n) is 4.63. The molecule has 0 saturated carbocycles. The number of allylic oxidation sites excluding steroid dienone is 3. The molecule has 148 valence electrons. The first-order valence-corrected chi connectivity index (χ1v) is 9.21. The highest BCUT2D eigenvalue weighted by molar-refractivity contribution is 5.82. The maximum Gasteiger partial charge on any atom is 0.301 e. The number of nitrogens with one attached hydrogen (secondary N) is 1. The van der Waals surface area contributed by atoms with Gasteiger partial charge in [0, 0.05) is 6.07 Å². The summed E-state index contributed by atoms with van der Waals surface area (Å²) in [6.07, 6.45) is 9.81. The largest absolute Gasteiger partial charge is 0.301 e. The van der Waals surface area contributed by atoms with Crippen LogP contribution < -0.4 is 5.43 Å². The Morgan fingerprint density at radius 2 is 1.62 bits per heavy atom. The second-order valence-electron chi connectivity index (χ2n) is 6.59. The van der Waals surface area contributed by atoms with E-state index in [0.29, 0.717) is 0 Å². The topological polar surface area (TPSA) is 111 Å². The van der Waals surface area contributed by atoms with Crippen molar-refractivity contribution in [1.82, 2.24) is 0 Å². The second kappa shape index (κ2) is 9.41. The van der Waals surface area contributed by atoms with Crippen LogP contribution in [0, 0.1) is 20.2 Å². The van der Waals surface area contributed by atoms with Crippen LogP contribution in [0.25, 0.3) is 6.08 Å². The van der Waals surface area contributed by atoms with Crippen LogP contribution in [0.3, 0.4) is 0 Å². The molecule has 0 fully saturated rings. The Balaban J connectivity index is 1.79. The first-order chi connectivity index (χ1) is 14.0. The highest BCUT2D eigenvalue weighted by atomic mass is 16.6. The highest BCUT2D eigenvalue weighted by Crippen LogP contribution is 2.29. The molecule has 0 heterocycles. The molecule has 1 aliphatic rings. The van der Waals surface area contributed by atoms with Gasteiger partial charge in [0.05, 0.1) is 22.1 Å². The number of benzene rings is 2. The second-order valence-corrected chi connectivity index (χ2v) is 6.59. The number of hydrogen-bond acceptors (Lipinski definition) is 6. The molecule has 29 heavy (non-hydrogen) atoms. The van der Waals surface area contributed by atoms with Gasteiger partial charge in [-0.15, -0.1) is 0 Å². The summed E-state index contributed by atoms with van der Waals surface area (Å²) in [6.45, 7) is 0. The van der Waals surface area contributed by atoms with Gasteiger partial charge in [0.1, 0.15) is 5.69 Å². The zero-order chi connectivity index (χ0) is 20.6. The molecule has 0 radical (unpaired) electrons. The maximum atomic E-state index is 11.2. The SMILES string of the molecule is O=[N+]([O-])c1ccc(N/N=C\C2=C(C=Cc3ccccc3)CCCC2)c([N+](=O)[O-])c1. The van der Waals surface area contributed by atoms with Crippen molar-refractivity contribution < 1.29 is 9.85 Å². The number of non-ortho nitro benzene ring substituents is 1. The van der Waals surface area contributed by atoms with Gasteiger partial charge in [0.15, 0.2) is 0 Å². The lowest BCUT2D eigenvalue weighted by atomic mass is 9.92. The van der Waals surface area contributed by atoms with Crippen molar-refractivity contribution in [1.29, 1.82) is 0 Å². The van der Waals surface area contributed by atoms with E-state index in [9.17, 15) is 20.2 Å². The van der Waals surface area contributed by atoms with Crippen molar-refractivity contribution >= 4 is 29.4 Å². The molecule has 1 aliphatic carbocycles. The van der Waals surface area contributed by atoms with E-state index < -0.39 is 15.5 Å². The Morgan fingerprint density at radius 3 is 2.31 bits per heavy atom. The zero-order valence-corrected chi connectivity index (χ0v) is 15.7. The summed E-state index contributed by atoms with van der Waals surface area (Å²) < 4.78 is 0. The van der Waals surface area contributed by atoms with Crippen molar-refractivity contribution in [2.24, 2.45) is 5.10 Å². The third kappa shape index (κ3) is 5.35. The van der Waals surface area contributed by atoms with Crippen LogP contribution in [-0.4, -0.2) is 16.1 Å². The van der Waals surface area contributed by atoms with Crippen molar-refractivity contribution in [2.75, 3.05) is 5.43 Å². The predicted octanol–water partition coefficient (Wildman–Crippen LogP) is 5.48. The van der Waals surface area contributed by atoms with Crippen LogP contribution in [0.15, 0.2) is 70.9 Å². The van der Waals surface area contributed by atoms with Crippen LogP contribution in [-0.2, 0) is 0 Å². The minimum atomic E-state index is -0.668. The third-order valence-corrected chi connectivity index (χ3v) is 4.63. The Kier molecular flexibility index (Phi) is 6.47. The average Bonchev–Trinajstić information content (AvgIpc) is 2.73. The van der Waals surface area contributed by atoms with Crippen molar-refractivity contribution in [3.63, 3.8) is 0 Å². The summed E-state index contributed by atoms with van der Waals surface area (Å²) in [6, 6.07) is 13.4. The quantitative estimate of drug-likeness (QED) is 0.381. The first-order valence-electron chi connectivity index (χ1n) is 9.21. The highest BCUT2D eigenvalue weighted by Gasteiger charge is 2.19. The monoisotopic (exact) mass is 392 g/mol. The number of nitrogens with zero attached hydrogens (tertiary/aromatic N) is 3. The van der Waals surface area contributed by atoms with Crippen molar-refractivity contribution in [3.05, 3.63) is 91.5 Å². The molecule has 0 bridgehead atoms. The van der Waals surface area contributed by atoms with Gasteiger partial charge in [0.25, 0.3) is 5.69 Å². The number of anilines is 1. The van der Waals surface area contributed by atoms with Gasteiger partial charge in [-0.25, -0.2) is 0 Å². The molecule has 0 spiro atoms. The standard InChI is InChI=1S/C21H20N4O4/c26-24(27)19-12-13-20(21(14-19)25(28)29)23-22-15-18-9-5-4-8-17(18)11-10-16-6-2-1-3-7-16/h1-3,6-7,10-15,23H,4-5,8-9H2/b11-10?,22-15-. The fourth-order valence-corrected chi connectivity index (χ4v) is 3.11. The molecule has 0 aromatic heterocycles. The van der Waals surface area contributed by atoms with E-state index in [1.165, 1.54) is 17.7 Å². The van der Waals surface area contributed by atoms with Gasteiger partial charge >= 0.3 is 5.69 Å². The number of hydrogen-bond donors (Lipinski definition) is 1. The fourth-order valence-electron chi connectivity index (χ4n) is 3.11. The van der Waals surface area contributed by atoms with Crippen LogP contribution >= 0.6 is 0 Å². The molecule has 3 rings (SSSR count). The van der Waals surface area contributed by atoms with Gasteiger partial charge in [-0.3, -0.25) is 25.7 Å². The van der Waals surface area contributed by atoms with E-state index in [-0.39, 0.29) is 11.4 Å². The summed E-state index contributed by atoms with van der Waals surface area (Å²) in [7, 11) is 0. The molecule has 8 nitrogen and oxygen atoms in total. The van der Waals surface area contributed by atoms with Gasteiger partial charge in [-0.2, -0.15) is 5.10 Å². The summed E-state index contributed by atoms with van der Waals surface area (Å²) in [5.41, 5.74) is 5.39. The lowest BCUT2D eigenvalue weighted by Crippen LogP contribution is -2.02. The minimum Gasteiger partial charge on any atom is -0.272 e. The van der Waals surface area contributed by atoms with E-state index in [4.69, 9.17) is 0 Å². The molecule has 8 heteroatoms. The number of nitro benzene ring substituents is 2. The Hall–Kier alpha value is -3.81. The molecule has 0 amide bonds. The Morgan fingerprint density at radius 1 is 0.897 bits per heavy atom. The number of nitro groups is 2. The van der Waals surface area contributed by atoms with Crippen LogP contribution in [0.5, 0.6) is 0 Å². The van der Waals surface area contributed by atoms with E-state index in [1.54, 1.807) is 6.21 Å². The molecule has 0 unspecified atom stereocenters. The summed E-state index contributed by atoms with van der Waals surface area (Å²) >= 11 is 0. The molecular weight excluding hydrogens is 372 g/mol. The van der Waals surface area contributed by atoms with Gasteiger partial charge < -0.3 is 0 Å². The number of rotatable bonds is 7. The molecule has 2 aromatic carbocycles. The lowest BCUT2D eigenvalue weighted by Gasteiger charge is -2.15. The molecule has 1 N–H and O–H groups in total.